The molecule has 1 spiro atoms. The predicted molar refractivity (Wildman–Crippen MR) is 257 cm³/mol. The van der Waals surface area contributed by atoms with Crippen molar-refractivity contribution >= 4 is 21.7 Å². The van der Waals surface area contributed by atoms with Crippen LogP contribution in [-0.4, -0.2) is 19.9 Å². The van der Waals surface area contributed by atoms with Crippen molar-refractivity contribution in [2.24, 2.45) is 0 Å². The summed E-state index contributed by atoms with van der Waals surface area (Å²) in [4.78, 5) is 20.9. The third kappa shape index (κ3) is 5.44. The lowest BCUT2D eigenvalue weighted by molar-refractivity contribution is 0.436. The van der Waals surface area contributed by atoms with E-state index in [0.29, 0.717) is 17.5 Å². The van der Waals surface area contributed by atoms with Crippen LogP contribution in [0.2, 0.25) is 0 Å². The monoisotopic (exact) mass is 816 g/mol. The first kappa shape index (κ1) is 36.1. The molecule has 0 saturated heterocycles. The van der Waals surface area contributed by atoms with Gasteiger partial charge < -0.3 is 4.74 Å². The molecule has 0 fully saturated rings. The van der Waals surface area contributed by atoms with E-state index in [2.05, 4.69) is 182 Å². The minimum Gasteiger partial charge on any atom is -0.457 e. The fourth-order valence-corrected chi connectivity index (χ4v) is 10.2. The van der Waals surface area contributed by atoms with Crippen molar-refractivity contribution < 1.29 is 4.74 Å². The van der Waals surface area contributed by atoms with E-state index in [0.717, 1.165) is 78.0 Å². The van der Waals surface area contributed by atoms with E-state index in [1.165, 1.54) is 27.6 Å². The average Bonchev–Trinajstić information content (AvgIpc) is 3.67. The lowest BCUT2D eigenvalue weighted by atomic mass is 9.66. The highest BCUT2D eigenvalue weighted by molar-refractivity contribution is 6.20. The van der Waals surface area contributed by atoms with Crippen LogP contribution in [0.25, 0.3) is 89.4 Å². The number of hydrogen-bond donors (Lipinski definition) is 0. The zero-order valence-corrected chi connectivity index (χ0v) is 34.5. The summed E-state index contributed by atoms with van der Waals surface area (Å²) < 4.78 is 6.65. The van der Waals surface area contributed by atoms with Crippen LogP contribution in [0.4, 0.5) is 0 Å². The Morgan fingerprint density at radius 3 is 1.45 bits per heavy atom. The van der Waals surface area contributed by atoms with Gasteiger partial charge in [-0.1, -0.05) is 200 Å². The third-order valence-corrected chi connectivity index (χ3v) is 13.0. The number of rotatable bonds is 5. The van der Waals surface area contributed by atoms with Gasteiger partial charge in [0, 0.05) is 49.5 Å². The highest BCUT2D eigenvalue weighted by Crippen LogP contribution is 2.63. The largest absolute Gasteiger partial charge is 0.457 e. The summed E-state index contributed by atoms with van der Waals surface area (Å²) >= 11 is 0. The Kier molecular flexibility index (Phi) is 8.06. The summed E-state index contributed by atoms with van der Waals surface area (Å²) in [6.45, 7) is 0. The molecule has 9 aromatic carbocycles. The van der Waals surface area contributed by atoms with E-state index >= 15 is 0 Å². The van der Waals surface area contributed by atoms with E-state index in [1.807, 2.05) is 36.4 Å². The van der Waals surface area contributed by atoms with E-state index in [4.69, 9.17) is 24.7 Å². The Morgan fingerprint density at radius 2 is 0.797 bits per heavy atom. The molecule has 298 valence electrons. The SMILES string of the molecule is c1ccc(-c2ccc(-c3nc(-c4ccccc4)nc(-c4ccc5c(c4)nc(-c4ccccc4)c4ccc6c(c45)-c4ccccc4C64c5ccccc5Oc5ccccc54)n3)cc2)cc1. The maximum Gasteiger partial charge on any atom is 0.164 e. The molecule has 0 atom stereocenters. The van der Waals surface area contributed by atoms with Gasteiger partial charge in [-0.3, -0.25) is 0 Å². The van der Waals surface area contributed by atoms with Crippen molar-refractivity contribution in [1.82, 2.24) is 19.9 Å². The Hall–Kier alpha value is -8.54. The first-order valence-corrected chi connectivity index (χ1v) is 21.6. The summed E-state index contributed by atoms with van der Waals surface area (Å²) in [5.74, 6) is 3.55. The molecule has 1 aliphatic heterocycles. The number of nitrogens with zero attached hydrogens (tertiary/aromatic N) is 4. The molecule has 2 aromatic heterocycles. The molecule has 64 heavy (non-hydrogen) atoms. The second-order valence-corrected chi connectivity index (χ2v) is 16.5. The Bertz CT molecular complexity index is 3580. The molecule has 0 bridgehead atoms. The molecule has 0 amide bonds. The molecule has 3 heterocycles. The number of fused-ring (bicyclic) bond motifs is 13. The van der Waals surface area contributed by atoms with Crippen molar-refractivity contribution in [3.8, 4) is 79.2 Å². The quantitative estimate of drug-likeness (QED) is 0.162. The molecule has 11 aromatic rings. The van der Waals surface area contributed by atoms with Crippen LogP contribution in [0.15, 0.2) is 218 Å². The summed E-state index contributed by atoms with van der Waals surface area (Å²) in [5, 5.41) is 3.32. The number of ether oxygens (including phenoxy) is 1. The van der Waals surface area contributed by atoms with E-state index in [9.17, 15) is 0 Å². The van der Waals surface area contributed by atoms with Gasteiger partial charge in [-0.2, -0.15) is 0 Å². The smallest absolute Gasteiger partial charge is 0.164 e. The summed E-state index contributed by atoms with van der Waals surface area (Å²) in [5.41, 5.74) is 14.4. The van der Waals surface area contributed by atoms with Crippen molar-refractivity contribution in [3.05, 3.63) is 241 Å². The van der Waals surface area contributed by atoms with Crippen molar-refractivity contribution in [2.45, 2.75) is 5.41 Å². The number of para-hydroxylation sites is 2. The Balaban J connectivity index is 1.07. The van der Waals surface area contributed by atoms with Crippen LogP contribution in [0.5, 0.6) is 11.5 Å². The van der Waals surface area contributed by atoms with Crippen LogP contribution < -0.4 is 4.74 Å². The fourth-order valence-electron chi connectivity index (χ4n) is 10.2. The number of hydrogen-bond acceptors (Lipinski definition) is 5. The molecule has 2 aliphatic rings. The second-order valence-electron chi connectivity index (χ2n) is 16.5. The molecule has 5 nitrogen and oxygen atoms in total. The van der Waals surface area contributed by atoms with E-state index in [-0.39, 0.29) is 0 Å². The van der Waals surface area contributed by atoms with Gasteiger partial charge in [-0.05, 0) is 51.6 Å². The summed E-state index contributed by atoms with van der Waals surface area (Å²) in [7, 11) is 0. The number of pyridine rings is 1. The molecule has 5 heteroatoms. The third-order valence-electron chi connectivity index (χ3n) is 13.0. The van der Waals surface area contributed by atoms with Gasteiger partial charge in [0.2, 0.25) is 0 Å². The predicted octanol–water partition coefficient (Wildman–Crippen LogP) is 14.4. The van der Waals surface area contributed by atoms with E-state index < -0.39 is 5.41 Å². The van der Waals surface area contributed by atoms with Crippen LogP contribution in [0.3, 0.4) is 0 Å². The van der Waals surface area contributed by atoms with Crippen molar-refractivity contribution in [2.75, 3.05) is 0 Å². The van der Waals surface area contributed by atoms with Gasteiger partial charge in [0.05, 0.1) is 16.6 Å². The fraction of sp³-hybridized carbons (Fsp3) is 0.0169. The van der Waals surface area contributed by atoms with Gasteiger partial charge in [0.1, 0.15) is 11.5 Å². The molecule has 0 radical (unpaired) electrons. The highest BCUT2D eigenvalue weighted by Gasteiger charge is 2.51. The maximum atomic E-state index is 6.65. The topological polar surface area (TPSA) is 60.8 Å². The molecule has 0 N–H and O–H groups in total. The molecular formula is C59H36N4O. The molecule has 0 saturated carbocycles. The summed E-state index contributed by atoms with van der Waals surface area (Å²) in [6, 6.07) is 76.6. The highest BCUT2D eigenvalue weighted by atomic mass is 16.5. The zero-order chi connectivity index (χ0) is 42.2. The average molecular weight is 817 g/mol. The van der Waals surface area contributed by atoms with Gasteiger partial charge in [-0.15, -0.1) is 0 Å². The van der Waals surface area contributed by atoms with Crippen molar-refractivity contribution in [3.63, 3.8) is 0 Å². The first-order valence-electron chi connectivity index (χ1n) is 21.6. The van der Waals surface area contributed by atoms with Crippen LogP contribution >= 0.6 is 0 Å². The maximum absolute atomic E-state index is 6.65. The van der Waals surface area contributed by atoms with E-state index in [1.54, 1.807) is 0 Å². The van der Waals surface area contributed by atoms with Crippen molar-refractivity contribution in [1.29, 1.82) is 0 Å². The zero-order valence-electron chi connectivity index (χ0n) is 34.5. The standard InChI is InChI=1S/C59H36N4O/c1-4-16-37(17-5-1)38-28-30-41(31-29-38)57-61-56(40-20-8-3-9-21-40)62-58(63-57)42-32-33-44-50(36-42)60-55(39-18-6-2-7-19-39)45-34-35-49-54(53(44)45)43-22-10-11-23-46(43)59(49)47-24-12-14-26-51(47)64-52-27-15-13-25-48(52)59/h1-36H. The minimum atomic E-state index is -0.595. The molecule has 13 rings (SSSR count). The van der Waals surface area contributed by atoms with Gasteiger partial charge in [0.15, 0.2) is 17.5 Å². The number of benzene rings is 9. The van der Waals surface area contributed by atoms with Crippen LogP contribution in [0.1, 0.15) is 22.3 Å². The molecule has 1 aliphatic carbocycles. The van der Waals surface area contributed by atoms with Gasteiger partial charge in [0.25, 0.3) is 0 Å². The molecular weight excluding hydrogens is 781 g/mol. The second kappa shape index (κ2) is 14.3. The Labute approximate surface area is 370 Å². The Morgan fingerprint density at radius 1 is 0.328 bits per heavy atom. The summed E-state index contributed by atoms with van der Waals surface area (Å²) in [6.07, 6.45) is 0. The van der Waals surface area contributed by atoms with Gasteiger partial charge in [-0.25, -0.2) is 19.9 Å². The lowest BCUT2D eigenvalue weighted by Crippen LogP contribution is -2.32. The normalized spacial score (nSPS) is 12.9. The van der Waals surface area contributed by atoms with Crippen LogP contribution in [-0.2, 0) is 5.41 Å². The first-order chi connectivity index (χ1) is 31.7. The number of aromatic nitrogens is 4. The molecule has 0 unspecified atom stereocenters. The van der Waals surface area contributed by atoms with Crippen LogP contribution in [0, 0.1) is 0 Å². The minimum absolute atomic E-state index is 0.582. The lowest BCUT2D eigenvalue weighted by Gasteiger charge is -2.39. The van der Waals surface area contributed by atoms with Gasteiger partial charge >= 0.3 is 0 Å².